The number of carbonyl (C=O) groups is 6. The van der Waals surface area contributed by atoms with Crippen LogP contribution < -0.4 is 25.1 Å². The van der Waals surface area contributed by atoms with Crippen LogP contribution >= 0.6 is 0 Å². The zero-order chi connectivity index (χ0) is 63.5. The van der Waals surface area contributed by atoms with E-state index in [0.717, 1.165) is 74.8 Å². The summed E-state index contributed by atoms with van der Waals surface area (Å²) in [5, 5.41) is 3.69. The predicted molar refractivity (Wildman–Crippen MR) is 321 cm³/mol. The summed E-state index contributed by atoms with van der Waals surface area (Å²) < 4.78 is 85.3. The minimum absolute atomic E-state index is 0.00288. The van der Waals surface area contributed by atoms with E-state index in [-0.39, 0.29) is 72.9 Å². The lowest BCUT2D eigenvalue weighted by Crippen LogP contribution is -2.55. The standard InChI is InChI=1S/C65H67N5O19S/c1-8-65(47-25-50-56-44(27-70(50)59(73)46(47)31-81-62(65)75)55(38-18-19-38)43-24-52-53(85-33-84-52)26-48(43)67-56)86-32-69(21-22-90(7,78)79)64(77)82-29-37-17-20-51(88-61-35(3)34(2)57(87-36(4)71)58(89-61)60(74)80-6)49(23-37)66-54(72)28-68(5)63(76)83-30-45-41-15-11-9-13-39(41)40-14-10-12-16-42(40)45/h9-17,20,23-26,34-35,38,45,57-58,61H,8,18-19,21-22,27-33H2,1-7H3,(H,66,72)/t34-,35-,57+,58+,61-,65+/m1/s1. The van der Waals surface area contributed by atoms with Gasteiger partial charge in [-0.25, -0.2) is 32.6 Å². The number of fused-ring (bicyclic) bond motifs is 9. The van der Waals surface area contributed by atoms with Crippen molar-refractivity contribution in [3.8, 4) is 39.8 Å². The van der Waals surface area contributed by atoms with E-state index in [1.165, 1.54) is 32.2 Å². The molecule has 25 heteroatoms. The normalized spacial score (nSPS) is 21.0. The van der Waals surface area contributed by atoms with Crippen molar-refractivity contribution in [2.24, 2.45) is 11.8 Å². The van der Waals surface area contributed by atoms with Gasteiger partial charge in [-0.05, 0) is 82.8 Å². The van der Waals surface area contributed by atoms with Crippen molar-refractivity contribution >= 4 is 62.4 Å². The second kappa shape index (κ2) is 24.4. The Morgan fingerprint density at radius 3 is 2.26 bits per heavy atom. The molecule has 24 nitrogen and oxygen atoms in total. The van der Waals surface area contributed by atoms with E-state index in [2.05, 4.69) is 5.32 Å². The van der Waals surface area contributed by atoms with Gasteiger partial charge >= 0.3 is 30.1 Å². The fourth-order valence-electron chi connectivity index (χ4n) is 12.6. The van der Waals surface area contributed by atoms with Crippen LogP contribution in [0.15, 0.2) is 89.7 Å². The Hall–Kier alpha value is -9.07. The van der Waals surface area contributed by atoms with E-state index in [4.69, 9.17) is 52.4 Å². The monoisotopic (exact) mass is 1250 g/mol. The van der Waals surface area contributed by atoms with Crippen LogP contribution in [-0.4, -0.2) is 142 Å². The highest BCUT2D eigenvalue weighted by atomic mass is 32.2. The molecule has 90 heavy (non-hydrogen) atoms. The third kappa shape index (κ3) is 11.6. The number of hydrogen-bond acceptors (Lipinski definition) is 20. The number of aromatic nitrogens is 2. The first-order valence-electron chi connectivity index (χ1n) is 29.7. The number of amides is 3. The molecule has 2 aliphatic carbocycles. The molecule has 2 aromatic heterocycles. The number of sulfone groups is 1. The molecule has 0 spiro atoms. The van der Waals surface area contributed by atoms with Crippen LogP contribution in [0.3, 0.4) is 0 Å². The first-order chi connectivity index (χ1) is 43.1. The minimum atomic E-state index is -3.72. The second-order valence-electron chi connectivity index (χ2n) is 23.5. The zero-order valence-corrected chi connectivity index (χ0v) is 51.4. The van der Waals surface area contributed by atoms with E-state index >= 15 is 0 Å². The molecule has 0 bridgehead atoms. The maximum absolute atomic E-state index is 14.7. The Bertz CT molecular complexity index is 4070. The number of cyclic esters (lactones) is 1. The fraction of sp³-hybridized carbons (Fsp3) is 0.415. The third-order valence-electron chi connectivity index (χ3n) is 17.7. The number of rotatable bonds is 19. The number of benzene rings is 4. The van der Waals surface area contributed by atoms with E-state index in [1.54, 1.807) is 31.4 Å². The van der Waals surface area contributed by atoms with Crippen molar-refractivity contribution in [2.45, 2.75) is 103 Å². The number of hydrogen-bond donors (Lipinski definition) is 1. The predicted octanol–water partition coefficient (Wildman–Crippen LogP) is 7.65. The van der Waals surface area contributed by atoms with Gasteiger partial charge in [0.05, 0.1) is 47.6 Å². The Morgan fingerprint density at radius 2 is 1.58 bits per heavy atom. The van der Waals surface area contributed by atoms with Gasteiger partial charge < -0.3 is 62.2 Å². The number of carbonyl (C=O) groups excluding carboxylic acids is 6. The fourth-order valence-corrected chi connectivity index (χ4v) is 13.2. The molecule has 1 N–H and O–H groups in total. The molecule has 6 aromatic rings. The summed E-state index contributed by atoms with van der Waals surface area (Å²) in [7, 11) is -1.16. The molecular weight excluding hydrogens is 1190 g/mol. The van der Waals surface area contributed by atoms with Gasteiger partial charge in [-0.2, -0.15) is 0 Å². The zero-order valence-electron chi connectivity index (χ0n) is 50.6. The molecule has 6 aliphatic rings. The summed E-state index contributed by atoms with van der Waals surface area (Å²) >= 11 is 0. The van der Waals surface area contributed by atoms with E-state index < -0.39 is 120 Å². The molecule has 1 saturated carbocycles. The van der Waals surface area contributed by atoms with Crippen molar-refractivity contribution in [3.63, 3.8) is 0 Å². The maximum Gasteiger partial charge on any atom is 0.411 e. The highest BCUT2D eigenvalue weighted by molar-refractivity contribution is 7.90. The Balaban J connectivity index is 0.790. The summed E-state index contributed by atoms with van der Waals surface area (Å²) in [5.74, 6) is -3.41. The Morgan fingerprint density at radius 1 is 0.867 bits per heavy atom. The van der Waals surface area contributed by atoms with E-state index in [1.807, 2.05) is 60.7 Å². The van der Waals surface area contributed by atoms with Crippen LogP contribution in [-0.2, 0) is 87.5 Å². The maximum atomic E-state index is 14.7. The molecule has 3 amide bonds. The summed E-state index contributed by atoms with van der Waals surface area (Å²) in [6.45, 7) is 4.20. The van der Waals surface area contributed by atoms with Crippen LogP contribution in [0.4, 0.5) is 15.3 Å². The van der Waals surface area contributed by atoms with E-state index in [0.29, 0.717) is 28.4 Å². The Kier molecular flexibility index (Phi) is 16.6. The lowest BCUT2D eigenvalue weighted by molar-refractivity contribution is -0.243. The molecule has 2 fully saturated rings. The number of nitrogens with one attached hydrogen (secondary N) is 1. The molecule has 0 unspecified atom stereocenters. The van der Waals surface area contributed by atoms with Gasteiger partial charge in [-0.3, -0.25) is 19.3 Å². The average molecular weight is 1250 g/mol. The highest BCUT2D eigenvalue weighted by Crippen LogP contribution is 2.51. The second-order valence-corrected chi connectivity index (χ2v) is 25.8. The van der Waals surface area contributed by atoms with Gasteiger partial charge in [0, 0.05) is 67.1 Å². The number of methoxy groups -OCH3 is 1. The average Bonchev–Trinajstić information content (AvgIpc) is 1.50. The number of anilines is 1. The first kappa shape index (κ1) is 61.2. The van der Waals surface area contributed by atoms with Gasteiger partial charge in [0.25, 0.3) is 5.56 Å². The smallest absolute Gasteiger partial charge is 0.411 e. The highest BCUT2D eigenvalue weighted by Gasteiger charge is 2.51. The molecule has 472 valence electrons. The van der Waals surface area contributed by atoms with Crippen LogP contribution in [0.25, 0.3) is 33.4 Å². The number of ether oxygens (including phenoxy) is 10. The minimum Gasteiger partial charge on any atom is -0.467 e. The lowest BCUT2D eigenvalue weighted by atomic mass is 9.84. The van der Waals surface area contributed by atoms with Gasteiger partial charge in [0.1, 0.15) is 54.8 Å². The van der Waals surface area contributed by atoms with E-state index in [9.17, 15) is 42.0 Å². The summed E-state index contributed by atoms with van der Waals surface area (Å²) in [5.41, 5.74) is 6.04. The summed E-state index contributed by atoms with van der Waals surface area (Å²) in [4.78, 5) is 103. The van der Waals surface area contributed by atoms with Crippen LogP contribution in [0.1, 0.15) is 97.7 Å². The molecule has 6 atom stereocenters. The molecule has 0 radical (unpaired) electrons. The van der Waals surface area contributed by atoms with Crippen molar-refractivity contribution < 1.29 is 84.6 Å². The molecule has 1 saturated heterocycles. The molecule has 4 aliphatic heterocycles. The van der Waals surface area contributed by atoms with Crippen molar-refractivity contribution in [1.82, 2.24) is 19.4 Å². The van der Waals surface area contributed by atoms with Gasteiger partial charge in [-0.1, -0.05) is 75.4 Å². The summed E-state index contributed by atoms with van der Waals surface area (Å²) in [6, 6.07) is 25.6. The van der Waals surface area contributed by atoms with Crippen molar-refractivity contribution in [3.05, 3.63) is 134 Å². The number of pyridine rings is 2. The van der Waals surface area contributed by atoms with Gasteiger partial charge in [0.2, 0.25) is 19.0 Å². The third-order valence-corrected chi connectivity index (χ3v) is 18.6. The largest absolute Gasteiger partial charge is 0.467 e. The van der Waals surface area contributed by atoms with Crippen molar-refractivity contribution in [1.29, 1.82) is 0 Å². The Labute approximate surface area is 517 Å². The topological polar surface area (TPSA) is 282 Å². The number of esters is 3. The van der Waals surface area contributed by atoms with Crippen LogP contribution in [0, 0.1) is 11.8 Å². The number of nitrogens with zero attached hydrogens (tertiary/aromatic N) is 4. The number of likely N-dealkylation sites (N-methyl/N-ethyl adjacent to an activating group) is 1. The quantitative estimate of drug-likeness (QED) is 0.0462. The first-order valence-corrected chi connectivity index (χ1v) is 31.7. The van der Waals surface area contributed by atoms with Gasteiger partial charge in [-0.15, -0.1) is 0 Å². The van der Waals surface area contributed by atoms with Crippen molar-refractivity contribution in [2.75, 3.05) is 64.7 Å². The van der Waals surface area contributed by atoms with Gasteiger partial charge in [0.15, 0.2) is 23.2 Å². The molecular formula is C65H67N5O19S. The molecule has 4 aromatic carbocycles. The van der Waals surface area contributed by atoms with Crippen LogP contribution in [0.2, 0.25) is 0 Å². The lowest BCUT2D eigenvalue weighted by Gasteiger charge is -2.42. The molecule has 12 rings (SSSR count). The van der Waals surface area contributed by atoms with Crippen LogP contribution in [0.5, 0.6) is 17.2 Å². The summed E-state index contributed by atoms with van der Waals surface area (Å²) in [6.07, 6.45) is -2.62. The molecule has 6 heterocycles. The SMILES string of the molecule is CC[C@@]1(OCN(CCS(C)(=O)=O)C(=O)OCc2ccc(O[C@@H]3O[C@H](C(=O)OC)[C@@H](OC(C)=O)[C@H](C)[C@H]3C)c(NC(=O)CN(C)C(=O)OCC3c4ccccc4-c4ccccc43)c2)C(=O)OCc2c1cc1n(c2=O)Cc2c-1nc1cc3c(cc1c2C1CC1)OCO3.